The van der Waals surface area contributed by atoms with Gasteiger partial charge in [0, 0.05) is 5.92 Å². The van der Waals surface area contributed by atoms with Crippen molar-refractivity contribution in [3.05, 3.63) is 0 Å². The number of hydrogen-bond donors (Lipinski definition) is 0. The number of carbonyl (C=O) groups is 1. The van der Waals surface area contributed by atoms with Gasteiger partial charge in [-0.3, -0.25) is 4.89 Å². The Morgan fingerprint density at radius 3 is 2.45 bits per heavy atom. The molecule has 0 bridgehead atoms. The summed E-state index contributed by atoms with van der Waals surface area (Å²) >= 11 is 0. The van der Waals surface area contributed by atoms with Crippen molar-refractivity contribution in [3.8, 4) is 11.8 Å². The first kappa shape index (κ1) is 24.8. The molecule has 0 aromatic rings. The predicted octanol–water partition coefficient (Wildman–Crippen LogP) is -0.608. The molecule has 0 heterocycles. The molecular formula is C16H27KO5. The Morgan fingerprint density at radius 2 is 1.95 bits per heavy atom. The summed E-state index contributed by atoms with van der Waals surface area (Å²) in [5.41, 5.74) is -1.03. The van der Waals surface area contributed by atoms with E-state index >= 15 is 0 Å². The van der Waals surface area contributed by atoms with Gasteiger partial charge in [-0.1, -0.05) is 38.5 Å². The second-order valence-electron chi connectivity index (χ2n) is 5.70. The molecule has 0 aliphatic rings. The van der Waals surface area contributed by atoms with Crippen molar-refractivity contribution in [1.29, 1.82) is 0 Å². The van der Waals surface area contributed by atoms with E-state index in [2.05, 4.69) is 23.7 Å². The fraction of sp³-hybridized carbons (Fsp3) is 0.812. The zero-order valence-electron chi connectivity index (χ0n) is 14.7. The molecule has 0 aromatic heterocycles. The van der Waals surface area contributed by atoms with Crippen LogP contribution in [0.25, 0.3) is 0 Å². The standard InChI is InChI=1S/C16H28O5.K/c1-6-8-9-14(7-2)15(17)20-19-12-13(3)10-11-16(4,5)21-18;/h13-14,18H,6-9,12H2,1-5H3;/q;+1/p-1. The third-order valence-electron chi connectivity index (χ3n) is 3.02. The maximum absolute atomic E-state index is 11.8. The average molecular weight is 338 g/mol. The summed E-state index contributed by atoms with van der Waals surface area (Å²) in [6.45, 7) is 9.19. The van der Waals surface area contributed by atoms with Gasteiger partial charge in [0.05, 0.1) is 5.92 Å². The molecule has 5 nitrogen and oxygen atoms in total. The van der Waals surface area contributed by atoms with Crippen LogP contribution in [0.5, 0.6) is 0 Å². The minimum absolute atomic E-state index is 0. The summed E-state index contributed by atoms with van der Waals surface area (Å²) < 4.78 is 0. The summed E-state index contributed by atoms with van der Waals surface area (Å²) in [5, 5.41) is 10.4. The molecule has 0 saturated heterocycles. The van der Waals surface area contributed by atoms with Crippen LogP contribution in [-0.4, -0.2) is 18.2 Å². The van der Waals surface area contributed by atoms with E-state index in [0.29, 0.717) is 0 Å². The van der Waals surface area contributed by atoms with Crippen LogP contribution < -0.4 is 56.6 Å². The van der Waals surface area contributed by atoms with Crippen LogP contribution in [0, 0.1) is 23.7 Å². The van der Waals surface area contributed by atoms with Gasteiger partial charge in [0.15, 0.2) is 0 Å². The van der Waals surface area contributed by atoms with E-state index in [-0.39, 0.29) is 75.8 Å². The second-order valence-corrected chi connectivity index (χ2v) is 5.70. The summed E-state index contributed by atoms with van der Waals surface area (Å²) in [6, 6.07) is 0. The molecule has 0 fully saturated rings. The van der Waals surface area contributed by atoms with E-state index in [1.165, 1.54) is 0 Å². The van der Waals surface area contributed by atoms with Gasteiger partial charge in [-0.05, 0) is 33.6 Å². The zero-order chi connectivity index (χ0) is 16.3. The molecule has 0 aliphatic heterocycles. The SMILES string of the molecule is CCCCC(CC)C(=O)OOCC(C)C#CC(C)(C)O[O-].[K+]. The number of unbranched alkanes of at least 4 members (excludes halogenated alkanes) is 1. The van der Waals surface area contributed by atoms with Gasteiger partial charge in [0.2, 0.25) is 0 Å². The predicted molar refractivity (Wildman–Crippen MR) is 77.5 cm³/mol. The van der Waals surface area contributed by atoms with Gasteiger partial charge in [0.1, 0.15) is 12.2 Å². The van der Waals surface area contributed by atoms with Crippen molar-refractivity contribution in [2.45, 2.75) is 65.9 Å². The molecular weight excluding hydrogens is 311 g/mol. The second kappa shape index (κ2) is 13.9. The molecule has 0 N–H and O–H groups in total. The van der Waals surface area contributed by atoms with Gasteiger partial charge >= 0.3 is 57.4 Å². The molecule has 0 amide bonds. The van der Waals surface area contributed by atoms with Gasteiger partial charge in [-0.2, -0.15) is 4.89 Å². The summed E-state index contributed by atoms with van der Waals surface area (Å²) in [4.78, 5) is 25.5. The largest absolute Gasteiger partial charge is 1.00 e. The van der Waals surface area contributed by atoms with Gasteiger partial charge in [0.25, 0.3) is 0 Å². The topological polar surface area (TPSA) is 67.8 Å². The molecule has 2 atom stereocenters. The van der Waals surface area contributed by atoms with Gasteiger partial charge in [-0.15, -0.1) is 0 Å². The quantitative estimate of drug-likeness (QED) is 0.243. The van der Waals surface area contributed by atoms with Crippen molar-refractivity contribution in [3.63, 3.8) is 0 Å². The molecule has 0 aliphatic carbocycles. The van der Waals surface area contributed by atoms with Crippen LogP contribution in [0.2, 0.25) is 0 Å². The molecule has 0 spiro atoms. The zero-order valence-corrected chi connectivity index (χ0v) is 17.9. The third kappa shape index (κ3) is 12.0. The van der Waals surface area contributed by atoms with E-state index in [4.69, 9.17) is 9.78 Å². The molecule has 0 aromatic carbocycles. The number of hydrogen-bond acceptors (Lipinski definition) is 5. The molecule has 6 heteroatoms. The number of carbonyl (C=O) groups excluding carboxylic acids is 1. The first-order valence-corrected chi connectivity index (χ1v) is 7.53. The van der Waals surface area contributed by atoms with Crippen LogP contribution in [0.4, 0.5) is 0 Å². The van der Waals surface area contributed by atoms with E-state index in [1.807, 2.05) is 13.8 Å². The van der Waals surface area contributed by atoms with Crippen LogP contribution in [0.3, 0.4) is 0 Å². The Bertz CT molecular complexity index is 359. The van der Waals surface area contributed by atoms with Gasteiger partial charge < -0.3 is 10.1 Å². The Morgan fingerprint density at radius 1 is 1.32 bits per heavy atom. The molecule has 122 valence electrons. The molecule has 2 unspecified atom stereocenters. The van der Waals surface area contributed by atoms with Crippen molar-refractivity contribution in [2.75, 3.05) is 6.61 Å². The Labute approximate surface area is 176 Å². The summed E-state index contributed by atoms with van der Waals surface area (Å²) in [6.07, 6.45) is 3.61. The van der Waals surface area contributed by atoms with E-state index < -0.39 is 5.60 Å². The Hall–Kier alpha value is 0.546. The van der Waals surface area contributed by atoms with Crippen LogP contribution in [0.15, 0.2) is 0 Å². The molecule has 0 rings (SSSR count). The Kier molecular flexibility index (Phi) is 15.7. The van der Waals surface area contributed by atoms with Crippen LogP contribution >= 0.6 is 0 Å². The van der Waals surface area contributed by atoms with Crippen molar-refractivity contribution in [1.82, 2.24) is 0 Å². The van der Waals surface area contributed by atoms with Crippen molar-refractivity contribution < 1.29 is 76.1 Å². The van der Waals surface area contributed by atoms with Crippen LogP contribution in [-0.2, 0) is 19.5 Å². The first-order valence-electron chi connectivity index (χ1n) is 7.53. The molecule has 0 radical (unpaired) electrons. The third-order valence-corrected chi connectivity index (χ3v) is 3.02. The monoisotopic (exact) mass is 338 g/mol. The fourth-order valence-electron chi connectivity index (χ4n) is 1.56. The smallest absolute Gasteiger partial charge is 0.722 e. The Balaban J connectivity index is 0. The summed E-state index contributed by atoms with van der Waals surface area (Å²) in [5.74, 6) is 4.94. The van der Waals surface area contributed by atoms with E-state index in [0.717, 1.165) is 25.7 Å². The van der Waals surface area contributed by atoms with E-state index in [9.17, 15) is 10.1 Å². The molecule has 0 saturated carbocycles. The summed E-state index contributed by atoms with van der Waals surface area (Å²) in [7, 11) is 0. The van der Waals surface area contributed by atoms with Crippen molar-refractivity contribution in [2.24, 2.45) is 11.8 Å². The van der Waals surface area contributed by atoms with Crippen LogP contribution in [0.1, 0.15) is 60.3 Å². The minimum atomic E-state index is -1.03. The van der Waals surface area contributed by atoms with Gasteiger partial charge in [-0.25, -0.2) is 4.79 Å². The molecule has 22 heavy (non-hydrogen) atoms. The van der Waals surface area contributed by atoms with E-state index in [1.54, 1.807) is 13.8 Å². The first-order chi connectivity index (χ1) is 9.86. The fourth-order valence-corrected chi connectivity index (χ4v) is 1.56. The average Bonchev–Trinajstić information content (AvgIpc) is 2.46. The number of rotatable bonds is 9. The normalized spacial score (nSPS) is 13.4. The maximum Gasteiger partial charge on any atom is 1.00 e. The maximum atomic E-state index is 11.8. The minimum Gasteiger partial charge on any atom is -0.722 e. The van der Waals surface area contributed by atoms with Crippen molar-refractivity contribution >= 4 is 5.97 Å².